The molecule has 1 aliphatic rings. The van der Waals surface area contributed by atoms with Crippen LogP contribution in [0.1, 0.15) is 18.9 Å². The Kier molecular flexibility index (Phi) is 7.53. The van der Waals surface area contributed by atoms with E-state index >= 15 is 0 Å². The van der Waals surface area contributed by atoms with Crippen LogP contribution in [0.2, 0.25) is 10.0 Å². The molecule has 0 aliphatic carbocycles. The molecule has 6 heteroatoms. The van der Waals surface area contributed by atoms with Crippen molar-refractivity contribution >= 4 is 41.6 Å². The van der Waals surface area contributed by atoms with Gasteiger partial charge in [0, 0.05) is 25.2 Å². The van der Waals surface area contributed by atoms with Crippen molar-refractivity contribution in [3.8, 4) is 0 Å². The summed E-state index contributed by atoms with van der Waals surface area (Å²) in [6.07, 6.45) is 2.82. The van der Waals surface area contributed by atoms with Crippen LogP contribution in [0.4, 0.5) is 0 Å². The second kappa shape index (κ2) is 8.64. The number of halogens is 3. The highest BCUT2D eigenvalue weighted by molar-refractivity contribution is 6.42. The highest BCUT2D eigenvalue weighted by Gasteiger charge is 2.19. The summed E-state index contributed by atoms with van der Waals surface area (Å²) < 4.78 is 5.04. The van der Waals surface area contributed by atoms with Gasteiger partial charge in [-0.2, -0.15) is 0 Å². The van der Waals surface area contributed by atoms with E-state index in [1.165, 1.54) is 0 Å². The Labute approximate surface area is 141 Å². The number of rotatable bonds is 4. The molecular formula is C15H18Cl3NO2. The molecule has 2 rings (SSSR count). The summed E-state index contributed by atoms with van der Waals surface area (Å²) in [7, 11) is 0. The van der Waals surface area contributed by atoms with Crippen molar-refractivity contribution in [2.75, 3.05) is 19.7 Å². The van der Waals surface area contributed by atoms with Gasteiger partial charge in [-0.3, -0.25) is 4.90 Å². The summed E-state index contributed by atoms with van der Waals surface area (Å²) in [5.74, 6) is -0.216. The van der Waals surface area contributed by atoms with E-state index in [4.69, 9.17) is 27.9 Å². The van der Waals surface area contributed by atoms with Crippen LogP contribution in [0, 0.1) is 0 Å². The summed E-state index contributed by atoms with van der Waals surface area (Å²) in [6, 6.07) is 5.62. The number of hydrogen-bond acceptors (Lipinski definition) is 3. The Bertz CT molecular complexity index is 532. The third-order valence-electron chi connectivity index (χ3n) is 3.16. The first-order chi connectivity index (χ1) is 9.60. The quantitative estimate of drug-likeness (QED) is 0.765. The molecule has 21 heavy (non-hydrogen) atoms. The molecule has 0 unspecified atom stereocenters. The third-order valence-corrected chi connectivity index (χ3v) is 3.90. The molecule has 0 atom stereocenters. The fraction of sp³-hybridized carbons (Fsp3) is 0.400. The van der Waals surface area contributed by atoms with Gasteiger partial charge in [0.15, 0.2) is 0 Å². The maximum absolute atomic E-state index is 11.7. The first-order valence-corrected chi connectivity index (χ1v) is 7.38. The van der Waals surface area contributed by atoms with Crippen molar-refractivity contribution in [3.05, 3.63) is 45.5 Å². The predicted octanol–water partition coefficient (Wildman–Crippen LogP) is 4.11. The van der Waals surface area contributed by atoms with Crippen molar-refractivity contribution in [2.45, 2.75) is 19.9 Å². The largest absolute Gasteiger partial charge is 0.463 e. The van der Waals surface area contributed by atoms with Crippen molar-refractivity contribution < 1.29 is 9.53 Å². The summed E-state index contributed by atoms with van der Waals surface area (Å²) >= 11 is 11.9. The minimum atomic E-state index is -0.216. The molecule has 116 valence electrons. The molecule has 0 saturated heterocycles. The zero-order valence-electron chi connectivity index (χ0n) is 11.8. The van der Waals surface area contributed by atoms with Gasteiger partial charge < -0.3 is 4.74 Å². The molecule has 0 spiro atoms. The SMILES string of the molecule is CCOC(=O)C1=CCCN(Cc2ccc(Cl)c(Cl)c2)C1.Cl. The first-order valence-electron chi connectivity index (χ1n) is 6.62. The van der Waals surface area contributed by atoms with Gasteiger partial charge in [0.25, 0.3) is 0 Å². The molecular weight excluding hydrogens is 333 g/mol. The summed E-state index contributed by atoms with van der Waals surface area (Å²) in [5.41, 5.74) is 1.82. The van der Waals surface area contributed by atoms with Crippen molar-refractivity contribution in [1.29, 1.82) is 0 Å². The first kappa shape index (κ1) is 18.3. The predicted molar refractivity (Wildman–Crippen MR) is 88.3 cm³/mol. The van der Waals surface area contributed by atoms with Crippen LogP contribution in [0.3, 0.4) is 0 Å². The number of nitrogens with zero attached hydrogens (tertiary/aromatic N) is 1. The van der Waals surface area contributed by atoms with Crippen LogP contribution in [0.25, 0.3) is 0 Å². The summed E-state index contributed by atoms with van der Waals surface area (Å²) in [4.78, 5) is 13.9. The molecule has 0 fully saturated rings. The fourth-order valence-electron chi connectivity index (χ4n) is 2.21. The lowest BCUT2D eigenvalue weighted by Crippen LogP contribution is -2.32. The van der Waals surface area contributed by atoms with Gasteiger partial charge in [-0.05, 0) is 31.0 Å². The van der Waals surface area contributed by atoms with E-state index in [0.717, 1.165) is 30.6 Å². The Morgan fingerprint density at radius 3 is 2.76 bits per heavy atom. The maximum atomic E-state index is 11.7. The Morgan fingerprint density at radius 1 is 1.33 bits per heavy atom. The maximum Gasteiger partial charge on any atom is 0.334 e. The van der Waals surface area contributed by atoms with E-state index in [0.29, 0.717) is 23.2 Å². The molecule has 1 heterocycles. The highest BCUT2D eigenvalue weighted by Crippen LogP contribution is 2.24. The van der Waals surface area contributed by atoms with E-state index in [2.05, 4.69) is 4.90 Å². The van der Waals surface area contributed by atoms with Gasteiger partial charge in [0.05, 0.1) is 16.7 Å². The summed E-state index contributed by atoms with van der Waals surface area (Å²) in [6.45, 7) is 4.49. The van der Waals surface area contributed by atoms with Gasteiger partial charge in [-0.15, -0.1) is 12.4 Å². The van der Waals surface area contributed by atoms with Gasteiger partial charge in [-0.1, -0.05) is 35.3 Å². The average molecular weight is 351 g/mol. The van der Waals surface area contributed by atoms with E-state index in [9.17, 15) is 4.79 Å². The second-order valence-corrected chi connectivity index (χ2v) is 5.51. The molecule has 0 aromatic heterocycles. The minimum absolute atomic E-state index is 0. The van der Waals surface area contributed by atoms with Gasteiger partial charge in [0.1, 0.15) is 0 Å². The number of benzene rings is 1. The molecule has 1 aromatic rings. The van der Waals surface area contributed by atoms with E-state index in [1.54, 1.807) is 6.07 Å². The zero-order chi connectivity index (χ0) is 14.5. The van der Waals surface area contributed by atoms with Crippen LogP contribution >= 0.6 is 35.6 Å². The van der Waals surface area contributed by atoms with Crippen molar-refractivity contribution in [2.24, 2.45) is 0 Å². The smallest absolute Gasteiger partial charge is 0.334 e. The molecule has 1 aromatic carbocycles. The van der Waals surface area contributed by atoms with Gasteiger partial charge >= 0.3 is 5.97 Å². The topological polar surface area (TPSA) is 29.5 Å². The number of esters is 1. The molecule has 0 radical (unpaired) electrons. The van der Waals surface area contributed by atoms with E-state index in [1.807, 2.05) is 25.1 Å². The van der Waals surface area contributed by atoms with E-state index < -0.39 is 0 Å². The number of hydrogen-bond donors (Lipinski definition) is 0. The number of ether oxygens (including phenoxy) is 1. The lowest BCUT2D eigenvalue weighted by atomic mass is 10.1. The van der Waals surface area contributed by atoms with Crippen LogP contribution < -0.4 is 0 Å². The fourth-order valence-corrected chi connectivity index (χ4v) is 2.53. The Hall–Kier alpha value is -0.740. The lowest BCUT2D eigenvalue weighted by molar-refractivity contribution is -0.138. The molecule has 0 bridgehead atoms. The average Bonchev–Trinajstić information content (AvgIpc) is 2.43. The standard InChI is InChI=1S/C15H17Cl2NO2.ClH/c1-2-20-15(19)12-4-3-7-18(10-12)9-11-5-6-13(16)14(17)8-11;/h4-6,8H,2-3,7,9-10H2,1H3;1H. The van der Waals surface area contributed by atoms with Crippen LogP contribution in [-0.2, 0) is 16.1 Å². The van der Waals surface area contributed by atoms with Crippen LogP contribution in [-0.4, -0.2) is 30.6 Å². The van der Waals surface area contributed by atoms with Gasteiger partial charge in [0.2, 0.25) is 0 Å². The number of carbonyl (C=O) groups is 1. The Balaban J connectivity index is 0.00000220. The normalized spacial score (nSPS) is 15.1. The monoisotopic (exact) mass is 349 g/mol. The van der Waals surface area contributed by atoms with Gasteiger partial charge in [-0.25, -0.2) is 4.79 Å². The lowest BCUT2D eigenvalue weighted by Gasteiger charge is -2.26. The molecule has 0 saturated carbocycles. The molecule has 0 N–H and O–H groups in total. The van der Waals surface area contributed by atoms with Crippen molar-refractivity contribution in [3.63, 3.8) is 0 Å². The Morgan fingerprint density at radius 2 is 2.10 bits per heavy atom. The minimum Gasteiger partial charge on any atom is -0.463 e. The zero-order valence-corrected chi connectivity index (χ0v) is 14.1. The number of carbonyl (C=O) groups excluding carboxylic acids is 1. The van der Waals surface area contributed by atoms with Crippen LogP contribution in [0.5, 0.6) is 0 Å². The van der Waals surface area contributed by atoms with Crippen molar-refractivity contribution in [1.82, 2.24) is 4.90 Å². The second-order valence-electron chi connectivity index (χ2n) is 4.70. The molecule has 3 nitrogen and oxygen atoms in total. The van der Waals surface area contributed by atoms with Crippen LogP contribution in [0.15, 0.2) is 29.8 Å². The molecule has 0 amide bonds. The summed E-state index contributed by atoms with van der Waals surface area (Å²) in [5, 5.41) is 1.11. The molecule has 1 aliphatic heterocycles. The van der Waals surface area contributed by atoms with E-state index in [-0.39, 0.29) is 18.4 Å². The highest BCUT2D eigenvalue weighted by atomic mass is 35.5. The third kappa shape index (κ3) is 5.19.